The highest BCUT2D eigenvalue weighted by atomic mass is 32.1. The van der Waals surface area contributed by atoms with E-state index < -0.39 is 0 Å². The lowest BCUT2D eigenvalue weighted by molar-refractivity contribution is -0.142. The van der Waals surface area contributed by atoms with E-state index in [4.69, 9.17) is 9.47 Å². The second kappa shape index (κ2) is 9.57. The molecule has 1 N–H and O–H groups in total. The van der Waals surface area contributed by atoms with Crippen molar-refractivity contribution >= 4 is 28.7 Å². The number of aromatic nitrogens is 1. The molecule has 1 aromatic carbocycles. The number of nitrogens with one attached hydrogen (secondary N) is 1. The van der Waals surface area contributed by atoms with E-state index in [0.717, 1.165) is 0 Å². The van der Waals surface area contributed by atoms with Gasteiger partial charge < -0.3 is 9.47 Å². The number of halogens is 1. The fraction of sp³-hybridized carbons (Fsp3) is 0.421. The van der Waals surface area contributed by atoms with E-state index in [0.29, 0.717) is 47.7 Å². The van der Waals surface area contributed by atoms with Crippen LogP contribution in [0.15, 0.2) is 28.7 Å². The van der Waals surface area contributed by atoms with Gasteiger partial charge in [0.2, 0.25) is 5.13 Å². The van der Waals surface area contributed by atoms with E-state index in [1.807, 2.05) is 0 Å². The number of esters is 1. The molecule has 3 rings (SSSR count). The Morgan fingerprint density at radius 2 is 2.33 bits per heavy atom. The maximum Gasteiger partial charge on any atom is 0.311 e. The Morgan fingerprint density at radius 3 is 3.07 bits per heavy atom. The number of carbonyl (C=O) groups excluding carboxylic acids is 1. The van der Waals surface area contributed by atoms with Gasteiger partial charge in [0.05, 0.1) is 31.5 Å². The average molecular weight is 391 g/mol. The maximum atomic E-state index is 14.1. The third-order valence-corrected chi connectivity index (χ3v) is 4.74. The van der Waals surface area contributed by atoms with Gasteiger partial charge in [0.25, 0.3) is 0 Å². The van der Waals surface area contributed by atoms with E-state index in [9.17, 15) is 9.18 Å². The quantitative estimate of drug-likeness (QED) is 0.379. The monoisotopic (exact) mass is 391 g/mol. The lowest BCUT2D eigenvalue weighted by atomic mass is 10.1. The molecular formula is C19H22FN3O3S. The van der Waals surface area contributed by atoms with Crippen molar-refractivity contribution < 1.29 is 18.7 Å². The summed E-state index contributed by atoms with van der Waals surface area (Å²) in [6.45, 7) is 3.11. The zero-order valence-electron chi connectivity index (χ0n) is 15.1. The van der Waals surface area contributed by atoms with Gasteiger partial charge in [-0.3, -0.25) is 10.2 Å². The Hall–Kier alpha value is -2.32. The van der Waals surface area contributed by atoms with Crippen molar-refractivity contribution in [2.75, 3.05) is 18.6 Å². The number of anilines is 1. The van der Waals surface area contributed by atoms with E-state index in [1.165, 1.54) is 36.5 Å². The van der Waals surface area contributed by atoms with Crippen molar-refractivity contribution in [3.8, 4) is 0 Å². The van der Waals surface area contributed by atoms with Gasteiger partial charge in [-0.15, -0.1) is 11.3 Å². The molecule has 0 bridgehead atoms. The van der Waals surface area contributed by atoms with Crippen LogP contribution in [0, 0.1) is 11.7 Å². The molecule has 0 aliphatic heterocycles. The van der Waals surface area contributed by atoms with Crippen molar-refractivity contribution in [2.45, 2.75) is 32.8 Å². The summed E-state index contributed by atoms with van der Waals surface area (Å²) in [6.07, 6.45) is 4.08. The van der Waals surface area contributed by atoms with E-state index in [1.54, 1.807) is 24.4 Å². The predicted molar refractivity (Wildman–Crippen MR) is 102 cm³/mol. The minimum absolute atomic E-state index is 0.130. The summed E-state index contributed by atoms with van der Waals surface area (Å²) in [5, 5.41) is 6.38. The number of rotatable bonds is 10. The van der Waals surface area contributed by atoms with Crippen molar-refractivity contribution in [1.82, 2.24) is 4.98 Å². The normalized spacial score (nSPS) is 13.9. The Bertz CT molecular complexity index is 805. The summed E-state index contributed by atoms with van der Waals surface area (Å²) < 4.78 is 24.5. The average Bonchev–Trinajstić information content (AvgIpc) is 3.36. The first-order valence-corrected chi connectivity index (χ1v) is 9.77. The molecule has 0 saturated heterocycles. The van der Waals surface area contributed by atoms with E-state index >= 15 is 0 Å². The van der Waals surface area contributed by atoms with Gasteiger partial charge >= 0.3 is 5.97 Å². The first kappa shape index (κ1) is 19.4. The molecule has 8 heteroatoms. The molecule has 1 aliphatic carbocycles. The summed E-state index contributed by atoms with van der Waals surface area (Å²) in [5.41, 5.74) is 4.59. The Morgan fingerprint density at radius 1 is 1.48 bits per heavy atom. The third kappa shape index (κ3) is 6.41. The van der Waals surface area contributed by atoms with Gasteiger partial charge in [-0.05, 0) is 37.3 Å². The number of carbonyl (C=O) groups is 1. The molecule has 0 unspecified atom stereocenters. The Balaban J connectivity index is 1.48. The topological polar surface area (TPSA) is 72.8 Å². The molecule has 1 heterocycles. The molecule has 1 aromatic heterocycles. The van der Waals surface area contributed by atoms with Crippen LogP contribution in [0.5, 0.6) is 0 Å². The maximum absolute atomic E-state index is 14.1. The summed E-state index contributed by atoms with van der Waals surface area (Å²) >= 11 is 1.33. The number of hydrogen-bond acceptors (Lipinski definition) is 7. The summed E-state index contributed by atoms with van der Waals surface area (Å²) in [7, 11) is 0. The van der Waals surface area contributed by atoms with Crippen LogP contribution in [0.2, 0.25) is 0 Å². The van der Waals surface area contributed by atoms with Gasteiger partial charge in [-0.2, -0.15) is 5.10 Å². The SMILES string of the molecule is CCOC(=O)Cc1csc(NN=Cc2ccc(COCC3CC3)c(F)c2)n1. The van der Waals surface area contributed by atoms with Gasteiger partial charge in [0, 0.05) is 17.6 Å². The molecule has 1 saturated carbocycles. The second-order valence-corrected chi connectivity index (χ2v) is 7.16. The fourth-order valence-corrected chi connectivity index (χ4v) is 3.00. The smallest absolute Gasteiger partial charge is 0.311 e. The first-order valence-electron chi connectivity index (χ1n) is 8.89. The number of nitrogens with zero attached hydrogens (tertiary/aromatic N) is 2. The zero-order chi connectivity index (χ0) is 19.1. The minimum atomic E-state index is -0.311. The molecule has 6 nitrogen and oxygen atoms in total. The van der Waals surface area contributed by atoms with Crippen molar-refractivity contribution in [2.24, 2.45) is 11.0 Å². The summed E-state index contributed by atoms with van der Waals surface area (Å²) in [5.74, 6) is 0.0458. The molecule has 0 atom stereocenters. The van der Waals surface area contributed by atoms with Crippen molar-refractivity contribution in [3.05, 3.63) is 46.2 Å². The Kier molecular flexibility index (Phi) is 6.89. The second-order valence-electron chi connectivity index (χ2n) is 6.31. The van der Waals surface area contributed by atoms with Crippen LogP contribution in [-0.4, -0.2) is 30.4 Å². The highest BCUT2D eigenvalue weighted by Gasteiger charge is 2.21. The van der Waals surface area contributed by atoms with Gasteiger partial charge in [0.1, 0.15) is 5.82 Å². The standard InChI is InChI=1S/C19H22FN3O3S/c1-2-26-18(24)8-16-12-27-19(22-16)23-21-9-14-5-6-15(17(20)7-14)11-25-10-13-3-4-13/h5-7,9,12-13H,2-4,8,10-11H2,1H3,(H,22,23). The highest BCUT2D eigenvalue weighted by molar-refractivity contribution is 7.13. The van der Waals surface area contributed by atoms with Gasteiger partial charge in [-0.1, -0.05) is 12.1 Å². The molecule has 144 valence electrons. The van der Waals surface area contributed by atoms with E-state index in [-0.39, 0.29) is 18.2 Å². The minimum Gasteiger partial charge on any atom is -0.466 e. The van der Waals surface area contributed by atoms with Crippen LogP contribution in [-0.2, 0) is 27.3 Å². The van der Waals surface area contributed by atoms with Crippen LogP contribution >= 0.6 is 11.3 Å². The van der Waals surface area contributed by atoms with E-state index in [2.05, 4.69) is 15.5 Å². The molecule has 27 heavy (non-hydrogen) atoms. The predicted octanol–water partition coefficient (Wildman–Crippen LogP) is 3.76. The summed E-state index contributed by atoms with van der Waals surface area (Å²) in [6, 6.07) is 4.93. The van der Waals surface area contributed by atoms with Crippen LogP contribution in [0.3, 0.4) is 0 Å². The molecule has 0 spiro atoms. The first-order chi connectivity index (χ1) is 13.1. The van der Waals surface area contributed by atoms with Gasteiger partial charge in [-0.25, -0.2) is 9.37 Å². The zero-order valence-corrected chi connectivity index (χ0v) is 15.9. The van der Waals surface area contributed by atoms with Crippen LogP contribution in [0.1, 0.15) is 36.6 Å². The molecule has 2 aromatic rings. The lowest BCUT2D eigenvalue weighted by Crippen LogP contribution is -2.07. The number of benzene rings is 1. The number of hydrazone groups is 1. The largest absolute Gasteiger partial charge is 0.466 e. The molecular weight excluding hydrogens is 369 g/mol. The number of ether oxygens (including phenoxy) is 2. The number of thiazole rings is 1. The Labute approximate surface area is 161 Å². The van der Waals surface area contributed by atoms with Gasteiger partial charge in [0.15, 0.2) is 0 Å². The highest BCUT2D eigenvalue weighted by Crippen LogP contribution is 2.29. The molecule has 0 radical (unpaired) electrons. The lowest BCUT2D eigenvalue weighted by Gasteiger charge is -2.05. The number of hydrogen-bond donors (Lipinski definition) is 1. The summed E-state index contributed by atoms with van der Waals surface area (Å²) in [4.78, 5) is 15.7. The van der Waals surface area contributed by atoms with Crippen LogP contribution in [0.25, 0.3) is 0 Å². The molecule has 1 aliphatic rings. The fourth-order valence-electron chi connectivity index (χ4n) is 2.34. The van der Waals surface area contributed by atoms with Crippen molar-refractivity contribution in [1.29, 1.82) is 0 Å². The third-order valence-electron chi connectivity index (χ3n) is 3.94. The van der Waals surface area contributed by atoms with Crippen molar-refractivity contribution in [3.63, 3.8) is 0 Å². The molecule has 1 fully saturated rings. The van der Waals surface area contributed by atoms with Crippen LogP contribution in [0.4, 0.5) is 9.52 Å². The molecule has 0 amide bonds. The van der Waals surface area contributed by atoms with Crippen LogP contribution < -0.4 is 5.43 Å².